The fraction of sp³-hybridized carbons (Fsp3) is 0. The number of rotatable bonds is 3. The van der Waals surface area contributed by atoms with Crippen molar-refractivity contribution in [3.8, 4) is 34.6 Å². The topological polar surface area (TPSA) is 57.4 Å². The SMILES string of the molecule is N#Cc1cc(F)c(-n2c3ccccc3c3cc(-c4ccc5c6ccccc6n(-c6ccccc6)c5c4)ccc32)cc1C#N. The van der Waals surface area contributed by atoms with E-state index in [4.69, 9.17) is 0 Å². The van der Waals surface area contributed by atoms with Crippen LogP contribution in [-0.2, 0) is 0 Å². The summed E-state index contributed by atoms with van der Waals surface area (Å²) in [6.45, 7) is 0. The van der Waals surface area contributed by atoms with Gasteiger partial charge in [-0.1, -0.05) is 72.8 Å². The molecule has 8 rings (SSSR count). The minimum atomic E-state index is -0.554. The van der Waals surface area contributed by atoms with Crippen LogP contribution in [0.1, 0.15) is 11.1 Å². The Balaban J connectivity index is 1.37. The molecule has 0 unspecified atom stereocenters. The molecule has 2 heterocycles. The first kappa shape index (κ1) is 24.6. The third-order valence-corrected chi connectivity index (χ3v) is 8.26. The first-order valence-corrected chi connectivity index (χ1v) is 13.9. The molecule has 0 amide bonds. The van der Waals surface area contributed by atoms with Crippen LogP contribution in [0, 0.1) is 28.5 Å². The van der Waals surface area contributed by atoms with E-state index < -0.39 is 5.82 Å². The highest BCUT2D eigenvalue weighted by atomic mass is 19.1. The molecule has 0 bridgehead atoms. The maximum atomic E-state index is 15.4. The van der Waals surface area contributed by atoms with Crippen molar-refractivity contribution in [3.05, 3.63) is 144 Å². The normalized spacial score (nSPS) is 11.3. The largest absolute Gasteiger partial charge is 0.309 e. The van der Waals surface area contributed by atoms with Gasteiger partial charge in [0.05, 0.1) is 38.9 Å². The van der Waals surface area contributed by atoms with Gasteiger partial charge in [0.15, 0.2) is 0 Å². The smallest absolute Gasteiger partial charge is 0.148 e. The molecule has 0 N–H and O–H groups in total. The number of halogens is 1. The number of nitrogens with zero attached hydrogens (tertiary/aromatic N) is 4. The average molecular weight is 553 g/mol. The molecule has 0 aliphatic rings. The highest BCUT2D eigenvalue weighted by Gasteiger charge is 2.19. The predicted molar refractivity (Wildman–Crippen MR) is 170 cm³/mol. The van der Waals surface area contributed by atoms with Crippen molar-refractivity contribution in [2.45, 2.75) is 0 Å². The number of hydrogen-bond donors (Lipinski definition) is 0. The van der Waals surface area contributed by atoms with Gasteiger partial charge in [0.25, 0.3) is 0 Å². The molecular weight excluding hydrogens is 531 g/mol. The Morgan fingerprint density at radius 1 is 0.465 bits per heavy atom. The van der Waals surface area contributed by atoms with E-state index in [0.29, 0.717) is 0 Å². The van der Waals surface area contributed by atoms with Crippen molar-refractivity contribution >= 4 is 43.6 Å². The third kappa shape index (κ3) is 3.66. The summed E-state index contributed by atoms with van der Waals surface area (Å²) in [6.07, 6.45) is 0. The quantitative estimate of drug-likeness (QED) is 0.219. The summed E-state index contributed by atoms with van der Waals surface area (Å²) in [5, 5.41) is 23.4. The van der Waals surface area contributed by atoms with E-state index >= 15 is 4.39 Å². The summed E-state index contributed by atoms with van der Waals surface area (Å²) in [4.78, 5) is 0. The Labute approximate surface area is 246 Å². The molecule has 0 fully saturated rings. The van der Waals surface area contributed by atoms with E-state index in [9.17, 15) is 10.5 Å². The van der Waals surface area contributed by atoms with E-state index in [1.54, 1.807) is 0 Å². The zero-order valence-electron chi connectivity index (χ0n) is 22.8. The molecule has 6 aromatic carbocycles. The first-order valence-electron chi connectivity index (χ1n) is 13.9. The zero-order chi connectivity index (χ0) is 29.1. The fourth-order valence-corrected chi connectivity index (χ4v) is 6.34. The second-order valence-electron chi connectivity index (χ2n) is 10.6. The molecule has 200 valence electrons. The van der Waals surface area contributed by atoms with Crippen LogP contribution in [-0.4, -0.2) is 9.13 Å². The highest BCUT2D eigenvalue weighted by Crippen LogP contribution is 2.38. The van der Waals surface area contributed by atoms with Crippen molar-refractivity contribution in [1.82, 2.24) is 9.13 Å². The standard InChI is InChI=1S/C38H21FN4/c39-33-19-26(22-40)27(23-41)21-38(33)43-35-13-7-5-11-30(35)32-18-24(15-17-36(32)43)25-14-16-31-29-10-4-6-12-34(29)42(37(31)20-25)28-8-2-1-3-9-28/h1-21H. The van der Waals surface area contributed by atoms with E-state index in [2.05, 4.69) is 83.4 Å². The second kappa shape index (κ2) is 9.45. The Bertz CT molecular complexity index is 2490. The molecule has 0 saturated carbocycles. The summed E-state index contributed by atoms with van der Waals surface area (Å²) in [6, 6.07) is 46.1. The van der Waals surface area contributed by atoms with Crippen LogP contribution in [0.5, 0.6) is 0 Å². The average Bonchev–Trinajstić information content (AvgIpc) is 3.57. The molecule has 0 spiro atoms. The van der Waals surface area contributed by atoms with Gasteiger partial charge in [-0.3, -0.25) is 0 Å². The van der Waals surface area contributed by atoms with Gasteiger partial charge in [0.2, 0.25) is 0 Å². The number of hydrogen-bond acceptors (Lipinski definition) is 2. The van der Waals surface area contributed by atoms with Crippen LogP contribution in [0.15, 0.2) is 127 Å². The fourth-order valence-electron chi connectivity index (χ4n) is 6.34. The highest BCUT2D eigenvalue weighted by molar-refractivity contribution is 6.12. The van der Waals surface area contributed by atoms with Crippen LogP contribution in [0.25, 0.3) is 66.1 Å². The Hall–Kier alpha value is -6.17. The lowest BCUT2D eigenvalue weighted by molar-refractivity contribution is 0.620. The summed E-state index contributed by atoms with van der Waals surface area (Å²) in [5.74, 6) is -0.554. The minimum Gasteiger partial charge on any atom is -0.309 e. The Kier molecular flexibility index (Phi) is 5.41. The van der Waals surface area contributed by atoms with Gasteiger partial charge in [0, 0.05) is 27.2 Å². The number of fused-ring (bicyclic) bond motifs is 6. The Morgan fingerprint density at radius 2 is 1.02 bits per heavy atom. The zero-order valence-corrected chi connectivity index (χ0v) is 22.8. The molecule has 5 heteroatoms. The van der Waals surface area contributed by atoms with E-state index in [1.807, 2.05) is 53.1 Å². The summed E-state index contributed by atoms with van der Waals surface area (Å²) >= 11 is 0. The van der Waals surface area contributed by atoms with Gasteiger partial charge >= 0.3 is 0 Å². The van der Waals surface area contributed by atoms with Crippen LogP contribution in [0.4, 0.5) is 4.39 Å². The van der Waals surface area contributed by atoms with E-state index in [1.165, 1.54) is 16.8 Å². The maximum Gasteiger partial charge on any atom is 0.148 e. The number of benzene rings is 6. The van der Waals surface area contributed by atoms with E-state index in [0.717, 1.165) is 55.7 Å². The van der Waals surface area contributed by atoms with Gasteiger partial charge < -0.3 is 9.13 Å². The minimum absolute atomic E-state index is 0.0233. The molecule has 0 aliphatic heterocycles. The molecule has 2 aromatic heterocycles. The summed E-state index contributed by atoms with van der Waals surface area (Å²) < 4.78 is 19.6. The van der Waals surface area contributed by atoms with Crippen molar-refractivity contribution < 1.29 is 4.39 Å². The van der Waals surface area contributed by atoms with Gasteiger partial charge in [-0.05, 0) is 65.7 Å². The van der Waals surface area contributed by atoms with Crippen LogP contribution in [0.3, 0.4) is 0 Å². The Morgan fingerprint density at radius 3 is 1.77 bits per heavy atom. The third-order valence-electron chi connectivity index (χ3n) is 8.26. The molecule has 0 radical (unpaired) electrons. The molecular formula is C38H21FN4. The van der Waals surface area contributed by atoms with Gasteiger partial charge in [-0.2, -0.15) is 10.5 Å². The molecule has 0 aliphatic carbocycles. The monoisotopic (exact) mass is 552 g/mol. The molecule has 8 aromatic rings. The number of aromatic nitrogens is 2. The molecule has 0 atom stereocenters. The first-order chi connectivity index (χ1) is 21.2. The molecule has 4 nitrogen and oxygen atoms in total. The van der Waals surface area contributed by atoms with Crippen LogP contribution < -0.4 is 0 Å². The molecule has 0 saturated heterocycles. The summed E-state index contributed by atoms with van der Waals surface area (Å²) in [7, 11) is 0. The van der Waals surface area contributed by atoms with Crippen molar-refractivity contribution in [2.24, 2.45) is 0 Å². The number of para-hydroxylation sites is 3. The van der Waals surface area contributed by atoms with Crippen molar-refractivity contribution in [1.29, 1.82) is 10.5 Å². The molecule has 43 heavy (non-hydrogen) atoms. The number of nitriles is 2. The lowest BCUT2D eigenvalue weighted by Crippen LogP contribution is -2.00. The second-order valence-corrected chi connectivity index (χ2v) is 10.6. The van der Waals surface area contributed by atoms with Crippen LogP contribution in [0.2, 0.25) is 0 Å². The van der Waals surface area contributed by atoms with Gasteiger partial charge in [0.1, 0.15) is 18.0 Å². The van der Waals surface area contributed by atoms with Crippen molar-refractivity contribution in [2.75, 3.05) is 0 Å². The van der Waals surface area contributed by atoms with E-state index in [-0.39, 0.29) is 16.8 Å². The van der Waals surface area contributed by atoms with Gasteiger partial charge in [-0.15, -0.1) is 0 Å². The maximum absolute atomic E-state index is 15.4. The van der Waals surface area contributed by atoms with Crippen molar-refractivity contribution in [3.63, 3.8) is 0 Å². The van der Waals surface area contributed by atoms with Gasteiger partial charge in [-0.25, -0.2) is 4.39 Å². The lowest BCUT2D eigenvalue weighted by atomic mass is 10.0. The predicted octanol–water partition coefficient (Wildman–Crippen LogP) is 9.43. The summed E-state index contributed by atoms with van der Waals surface area (Å²) in [5.41, 5.74) is 7.53. The lowest BCUT2D eigenvalue weighted by Gasteiger charge is -2.11. The van der Waals surface area contributed by atoms with Crippen LogP contribution >= 0.6 is 0 Å².